The molecule has 0 fully saturated rings. The quantitative estimate of drug-likeness (QED) is 0.714. The minimum atomic E-state index is -0.837. The zero-order chi connectivity index (χ0) is 15.1. The minimum absolute atomic E-state index is 0.0240. The zero-order valence-electron chi connectivity index (χ0n) is 11.3. The predicted octanol–water partition coefficient (Wildman–Crippen LogP) is 0.605. The van der Waals surface area contributed by atoms with E-state index in [9.17, 15) is 19.1 Å². The van der Waals surface area contributed by atoms with E-state index in [-0.39, 0.29) is 17.9 Å². The lowest BCUT2D eigenvalue weighted by molar-refractivity contribution is -0.122. The van der Waals surface area contributed by atoms with Crippen LogP contribution in [0.5, 0.6) is 11.5 Å². The van der Waals surface area contributed by atoms with Crippen molar-refractivity contribution in [1.29, 1.82) is 0 Å². The van der Waals surface area contributed by atoms with Crippen molar-refractivity contribution in [3.63, 3.8) is 0 Å². The first-order chi connectivity index (χ1) is 9.49. The lowest BCUT2D eigenvalue weighted by Gasteiger charge is -2.14. The number of ether oxygens (including phenoxy) is 1. The number of nitrogens with one attached hydrogen (secondary N) is 2. The van der Waals surface area contributed by atoms with Gasteiger partial charge < -0.3 is 20.5 Å². The van der Waals surface area contributed by atoms with E-state index < -0.39 is 24.5 Å². The van der Waals surface area contributed by atoms with Crippen molar-refractivity contribution < 1.29 is 23.8 Å². The number of alkyl halides is 1. The van der Waals surface area contributed by atoms with Crippen molar-refractivity contribution in [3.05, 3.63) is 23.8 Å². The minimum Gasteiger partial charge on any atom is -0.507 e. The summed E-state index contributed by atoms with van der Waals surface area (Å²) in [5.74, 6) is -0.942. The molecule has 1 aromatic rings. The Labute approximate surface area is 115 Å². The number of benzene rings is 1. The second-order valence-electron chi connectivity index (χ2n) is 4.06. The van der Waals surface area contributed by atoms with Gasteiger partial charge in [-0.3, -0.25) is 9.59 Å². The molecular weight excluding hydrogens is 267 g/mol. The van der Waals surface area contributed by atoms with E-state index in [1.807, 2.05) is 0 Å². The Balaban J connectivity index is 2.69. The van der Waals surface area contributed by atoms with Gasteiger partial charge in [0.05, 0.1) is 12.7 Å². The average Bonchev–Trinajstić information content (AvgIpc) is 2.44. The SMILES string of the molecule is COc1ccc(C(=O)N[C@@H](C)C(=O)NCCF)c(O)c1. The molecular formula is C13H17FN2O4. The van der Waals surface area contributed by atoms with Crippen LogP contribution in [0.15, 0.2) is 18.2 Å². The number of aromatic hydroxyl groups is 1. The maximum atomic E-state index is 11.9. The Bertz CT molecular complexity index is 493. The van der Waals surface area contributed by atoms with Crippen LogP contribution in [-0.2, 0) is 4.79 Å². The number of methoxy groups -OCH3 is 1. The molecule has 20 heavy (non-hydrogen) atoms. The van der Waals surface area contributed by atoms with Gasteiger partial charge in [-0.15, -0.1) is 0 Å². The van der Waals surface area contributed by atoms with Gasteiger partial charge in [-0.05, 0) is 19.1 Å². The molecule has 3 N–H and O–H groups in total. The van der Waals surface area contributed by atoms with Crippen LogP contribution in [0.1, 0.15) is 17.3 Å². The standard InChI is InChI=1S/C13H17FN2O4/c1-8(12(18)15-6-5-14)16-13(19)10-4-3-9(20-2)7-11(10)17/h3-4,7-8,17H,5-6H2,1-2H3,(H,15,18)(H,16,19)/t8-/m0/s1. The van der Waals surface area contributed by atoms with E-state index in [1.165, 1.54) is 32.2 Å². The lowest BCUT2D eigenvalue weighted by Crippen LogP contribution is -2.45. The van der Waals surface area contributed by atoms with Crippen LogP contribution >= 0.6 is 0 Å². The summed E-state index contributed by atoms with van der Waals surface area (Å²) in [6, 6.07) is 3.36. The topological polar surface area (TPSA) is 87.7 Å². The Morgan fingerprint density at radius 2 is 2.15 bits per heavy atom. The Morgan fingerprint density at radius 1 is 1.45 bits per heavy atom. The molecule has 6 nitrogen and oxygen atoms in total. The van der Waals surface area contributed by atoms with Crippen LogP contribution in [0.25, 0.3) is 0 Å². The van der Waals surface area contributed by atoms with E-state index in [1.54, 1.807) is 0 Å². The monoisotopic (exact) mass is 284 g/mol. The van der Waals surface area contributed by atoms with Crippen molar-refractivity contribution in [2.75, 3.05) is 20.3 Å². The fourth-order valence-corrected chi connectivity index (χ4v) is 1.49. The first-order valence-corrected chi connectivity index (χ1v) is 6.01. The molecule has 1 atom stereocenters. The molecule has 0 saturated carbocycles. The summed E-state index contributed by atoms with van der Waals surface area (Å²) < 4.78 is 16.8. The van der Waals surface area contributed by atoms with Gasteiger partial charge >= 0.3 is 0 Å². The maximum absolute atomic E-state index is 11.9. The molecule has 7 heteroatoms. The van der Waals surface area contributed by atoms with Crippen molar-refractivity contribution in [1.82, 2.24) is 10.6 Å². The highest BCUT2D eigenvalue weighted by molar-refractivity contribution is 5.99. The van der Waals surface area contributed by atoms with E-state index in [0.717, 1.165) is 0 Å². The van der Waals surface area contributed by atoms with Crippen LogP contribution in [-0.4, -0.2) is 43.3 Å². The Kier molecular flexibility index (Phi) is 5.76. The predicted molar refractivity (Wildman–Crippen MR) is 70.6 cm³/mol. The number of phenolic OH excluding ortho intramolecular Hbond substituents is 1. The van der Waals surface area contributed by atoms with Gasteiger partial charge in [0.15, 0.2) is 0 Å². The first kappa shape index (κ1) is 15.7. The van der Waals surface area contributed by atoms with E-state index in [4.69, 9.17) is 4.74 Å². The van der Waals surface area contributed by atoms with Crippen LogP contribution in [0.2, 0.25) is 0 Å². The molecule has 2 amide bonds. The fourth-order valence-electron chi connectivity index (χ4n) is 1.49. The fraction of sp³-hybridized carbons (Fsp3) is 0.385. The number of carbonyl (C=O) groups excluding carboxylic acids is 2. The third-order valence-corrected chi connectivity index (χ3v) is 2.58. The second-order valence-corrected chi connectivity index (χ2v) is 4.06. The Hall–Kier alpha value is -2.31. The largest absolute Gasteiger partial charge is 0.507 e. The summed E-state index contributed by atoms with van der Waals surface area (Å²) in [6.07, 6.45) is 0. The highest BCUT2D eigenvalue weighted by Gasteiger charge is 2.18. The molecule has 0 aliphatic rings. The first-order valence-electron chi connectivity index (χ1n) is 6.01. The summed E-state index contributed by atoms with van der Waals surface area (Å²) in [5, 5.41) is 14.4. The van der Waals surface area contributed by atoms with Gasteiger partial charge in [-0.2, -0.15) is 0 Å². The number of carbonyl (C=O) groups is 2. The molecule has 0 bridgehead atoms. The summed E-state index contributed by atoms with van der Waals surface area (Å²) in [6.45, 7) is 0.685. The van der Waals surface area contributed by atoms with E-state index in [0.29, 0.717) is 5.75 Å². The summed E-state index contributed by atoms with van der Waals surface area (Å²) in [4.78, 5) is 23.4. The molecule has 0 heterocycles. The van der Waals surface area contributed by atoms with Crippen LogP contribution in [0.4, 0.5) is 4.39 Å². The van der Waals surface area contributed by atoms with Gasteiger partial charge in [0, 0.05) is 12.6 Å². The Morgan fingerprint density at radius 3 is 2.70 bits per heavy atom. The van der Waals surface area contributed by atoms with Crippen LogP contribution < -0.4 is 15.4 Å². The molecule has 110 valence electrons. The normalized spacial score (nSPS) is 11.6. The van der Waals surface area contributed by atoms with Gasteiger partial charge in [0.25, 0.3) is 5.91 Å². The van der Waals surface area contributed by atoms with Gasteiger partial charge in [-0.1, -0.05) is 0 Å². The number of amides is 2. The lowest BCUT2D eigenvalue weighted by atomic mass is 10.1. The molecule has 1 aromatic carbocycles. The third kappa shape index (κ3) is 4.11. The summed E-state index contributed by atoms with van der Waals surface area (Å²) in [7, 11) is 1.44. The summed E-state index contributed by atoms with van der Waals surface area (Å²) in [5.41, 5.74) is 0.0240. The van der Waals surface area contributed by atoms with Crippen LogP contribution in [0.3, 0.4) is 0 Å². The second kappa shape index (κ2) is 7.32. The van der Waals surface area contributed by atoms with E-state index in [2.05, 4.69) is 10.6 Å². The molecule has 0 aliphatic carbocycles. The zero-order valence-corrected chi connectivity index (χ0v) is 11.3. The van der Waals surface area contributed by atoms with Crippen LogP contribution in [0, 0.1) is 0 Å². The number of phenols is 1. The molecule has 0 radical (unpaired) electrons. The number of rotatable bonds is 6. The van der Waals surface area contributed by atoms with Gasteiger partial charge in [-0.25, -0.2) is 4.39 Å². The van der Waals surface area contributed by atoms with Gasteiger partial charge in [0.2, 0.25) is 5.91 Å². The molecule has 1 rings (SSSR count). The van der Waals surface area contributed by atoms with Crippen molar-refractivity contribution >= 4 is 11.8 Å². The van der Waals surface area contributed by atoms with Crippen molar-refractivity contribution in [2.24, 2.45) is 0 Å². The molecule has 0 aliphatic heterocycles. The molecule has 0 unspecified atom stereocenters. The van der Waals surface area contributed by atoms with Crippen molar-refractivity contribution in [2.45, 2.75) is 13.0 Å². The third-order valence-electron chi connectivity index (χ3n) is 2.58. The molecule has 0 spiro atoms. The summed E-state index contributed by atoms with van der Waals surface area (Å²) >= 11 is 0. The average molecular weight is 284 g/mol. The number of hydrogen-bond donors (Lipinski definition) is 3. The van der Waals surface area contributed by atoms with E-state index >= 15 is 0 Å². The number of hydrogen-bond acceptors (Lipinski definition) is 4. The highest BCUT2D eigenvalue weighted by Crippen LogP contribution is 2.23. The smallest absolute Gasteiger partial charge is 0.255 e. The van der Waals surface area contributed by atoms with Crippen molar-refractivity contribution in [3.8, 4) is 11.5 Å². The molecule has 0 aromatic heterocycles. The molecule has 0 saturated heterocycles. The van der Waals surface area contributed by atoms with Gasteiger partial charge in [0.1, 0.15) is 24.2 Å². The maximum Gasteiger partial charge on any atom is 0.255 e. The highest BCUT2D eigenvalue weighted by atomic mass is 19.1. The number of halogens is 1.